The number of aromatic hydroxyl groups is 1. The molecule has 9 heteroatoms. The zero-order valence-corrected chi connectivity index (χ0v) is 26.6. The molecule has 228 valence electrons. The van der Waals surface area contributed by atoms with Crippen LogP contribution < -0.4 is 10.6 Å². The van der Waals surface area contributed by atoms with Crippen LogP contribution in [0.15, 0.2) is 18.2 Å². The van der Waals surface area contributed by atoms with E-state index in [1.165, 1.54) is 6.42 Å². The summed E-state index contributed by atoms with van der Waals surface area (Å²) in [6.07, 6.45) is 9.49. The first-order chi connectivity index (χ1) is 19.0. The van der Waals surface area contributed by atoms with Gasteiger partial charge in [0.2, 0.25) is 11.8 Å². The number of para-hydroxylation sites is 1. The summed E-state index contributed by atoms with van der Waals surface area (Å²) >= 11 is 1.58. The molecular weight excluding hydrogens is 526 g/mol. The zero-order chi connectivity index (χ0) is 30.1. The Hall–Kier alpha value is -2.42. The number of ether oxygens (including phenoxy) is 1. The second-order valence-electron chi connectivity index (χ2n) is 11.3. The Bertz CT molecular complexity index is 919. The van der Waals surface area contributed by atoms with E-state index < -0.39 is 23.8 Å². The van der Waals surface area contributed by atoms with Gasteiger partial charge in [0.05, 0.1) is 0 Å². The second kappa shape index (κ2) is 18.8. The van der Waals surface area contributed by atoms with Crippen LogP contribution in [0.1, 0.15) is 110 Å². The predicted molar refractivity (Wildman–Crippen MR) is 165 cm³/mol. The molecule has 0 radical (unpaired) electrons. The van der Waals surface area contributed by atoms with E-state index in [0.717, 1.165) is 38.5 Å². The van der Waals surface area contributed by atoms with Gasteiger partial charge in [-0.05, 0) is 64.5 Å². The number of carbonyl (C=O) groups excluding carboxylic acids is 3. The topological polar surface area (TPSA) is 108 Å². The number of unbranched alkanes of at least 4 members (excludes halogenated alkanes) is 6. The smallest absolute Gasteiger partial charge is 0.408 e. The second-order valence-corrected chi connectivity index (χ2v) is 12.3. The minimum absolute atomic E-state index is 0.000322. The third-order valence-corrected chi connectivity index (χ3v) is 7.23. The zero-order valence-electron chi connectivity index (χ0n) is 25.8. The summed E-state index contributed by atoms with van der Waals surface area (Å²) in [6.45, 7) is 12.1. The van der Waals surface area contributed by atoms with Gasteiger partial charge in [0.25, 0.3) is 0 Å². The van der Waals surface area contributed by atoms with Gasteiger partial charge in [-0.3, -0.25) is 9.59 Å². The normalized spacial score (nSPS) is 12.9. The highest BCUT2D eigenvalue weighted by molar-refractivity contribution is 7.98. The molecule has 0 saturated heterocycles. The lowest BCUT2D eigenvalue weighted by atomic mass is 9.98. The molecule has 40 heavy (non-hydrogen) atoms. The molecule has 0 aromatic heterocycles. The number of hydrogen-bond donors (Lipinski definition) is 3. The number of phenolic OH excluding ortho intramolecular Hbond substituents is 1. The number of nitrogens with one attached hydrogen (secondary N) is 2. The number of amides is 3. The molecule has 8 nitrogen and oxygen atoms in total. The van der Waals surface area contributed by atoms with Gasteiger partial charge in [0.15, 0.2) is 0 Å². The Morgan fingerprint density at radius 3 is 2.30 bits per heavy atom. The summed E-state index contributed by atoms with van der Waals surface area (Å²) in [4.78, 5) is 42.3. The number of alkyl carbamates (subject to hydrolysis) is 1. The Labute approximate surface area is 246 Å². The van der Waals surface area contributed by atoms with Crippen molar-refractivity contribution in [3.05, 3.63) is 29.3 Å². The number of hydrogen-bond acceptors (Lipinski definition) is 6. The molecule has 0 aliphatic heterocycles. The Balaban J connectivity index is 3.47. The maximum atomic E-state index is 14.2. The predicted octanol–water partition coefficient (Wildman–Crippen LogP) is 6.49. The Kier molecular flexibility index (Phi) is 16.8. The van der Waals surface area contributed by atoms with Crippen molar-refractivity contribution in [1.82, 2.24) is 15.5 Å². The maximum absolute atomic E-state index is 14.2. The highest BCUT2D eigenvalue weighted by Crippen LogP contribution is 2.33. The molecule has 0 aliphatic carbocycles. The highest BCUT2D eigenvalue weighted by Gasteiger charge is 2.37. The number of aryl methyl sites for hydroxylation is 1. The van der Waals surface area contributed by atoms with Crippen molar-refractivity contribution in [2.24, 2.45) is 0 Å². The fraction of sp³-hybridized carbons (Fsp3) is 0.710. The van der Waals surface area contributed by atoms with E-state index in [1.54, 1.807) is 62.6 Å². The fourth-order valence-electron chi connectivity index (χ4n) is 4.41. The number of nitrogens with zero attached hydrogens (tertiary/aromatic N) is 1. The molecule has 2 unspecified atom stereocenters. The van der Waals surface area contributed by atoms with Crippen LogP contribution in [0.4, 0.5) is 4.79 Å². The first-order valence-corrected chi connectivity index (χ1v) is 16.2. The van der Waals surface area contributed by atoms with E-state index in [0.29, 0.717) is 42.8 Å². The summed E-state index contributed by atoms with van der Waals surface area (Å²) in [5.74, 6) is -0.0561. The van der Waals surface area contributed by atoms with E-state index in [4.69, 9.17) is 4.74 Å². The summed E-state index contributed by atoms with van der Waals surface area (Å²) in [5.41, 5.74) is 0.292. The van der Waals surface area contributed by atoms with Crippen molar-refractivity contribution >= 4 is 29.7 Å². The third-order valence-electron chi connectivity index (χ3n) is 6.59. The van der Waals surface area contributed by atoms with Gasteiger partial charge >= 0.3 is 6.09 Å². The van der Waals surface area contributed by atoms with Crippen LogP contribution >= 0.6 is 11.8 Å². The minimum atomic E-state index is -1.03. The van der Waals surface area contributed by atoms with Crippen LogP contribution in [0.2, 0.25) is 0 Å². The minimum Gasteiger partial charge on any atom is -0.507 e. The van der Waals surface area contributed by atoms with E-state index in [2.05, 4.69) is 17.6 Å². The van der Waals surface area contributed by atoms with Gasteiger partial charge in [0.1, 0.15) is 23.4 Å². The molecule has 3 N–H and O–H groups in total. The summed E-state index contributed by atoms with van der Waals surface area (Å²) in [5, 5.41) is 16.8. The fourth-order valence-corrected chi connectivity index (χ4v) is 4.88. The highest BCUT2D eigenvalue weighted by atomic mass is 32.2. The molecule has 0 aliphatic rings. The monoisotopic (exact) mass is 579 g/mol. The van der Waals surface area contributed by atoms with Crippen LogP contribution in [-0.2, 0) is 14.3 Å². The SMILES string of the molecule is CCCCCCCCN(C(=O)C(CCSC)NC(=O)OC(C)(C)C)C(C(=O)NCCCC)c1cccc(C)c1O. The number of benzene rings is 1. The average molecular weight is 580 g/mol. The van der Waals surface area contributed by atoms with Crippen LogP contribution in [0, 0.1) is 6.92 Å². The van der Waals surface area contributed by atoms with Gasteiger partial charge < -0.3 is 25.4 Å². The Morgan fingerprint density at radius 2 is 1.68 bits per heavy atom. The van der Waals surface area contributed by atoms with Gasteiger partial charge in [-0.1, -0.05) is 70.6 Å². The number of phenols is 1. The molecule has 1 aromatic carbocycles. The van der Waals surface area contributed by atoms with E-state index in [-0.39, 0.29) is 17.6 Å². The van der Waals surface area contributed by atoms with Gasteiger partial charge in [-0.25, -0.2) is 4.79 Å². The lowest BCUT2D eigenvalue weighted by Gasteiger charge is -2.35. The number of thioether (sulfide) groups is 1. The van der Waals surface area contributed by atoms with Gasteiger partial charge in [-0.2, -0.15) is 11.8 Å². The summed E-state index contributed by atoms with van der Waals surface area (Å²) in [7, 11) is 0. The van der Waals surface area contributed by atoms with Crippen LogP contribution in [-0.4, -0.2) is 64.7 Å². The molecule has 3 amide bonds. The molecule has 0 bridgehead atoms. The van der Waals surface area contributed by atoms with Crippen molar-refractivity contribution < 1.29 is 24.2 Å². The van der Waals surface area contributed by atoms with E-state index >= 15 is 0 Å². The van der Waals surface area contributed by atoms with Gasteiger partial charge in [0, 0.05) is 18.7 Å². The number of rotatable bonds is 18. The van der Waals surface area contributed by atoms with E-state index in [9.17, 15) is 19.5 Å². The van der Waals surface area contributed by atoms with Crippen LogP contribution in [0.25, 0.3) is 0 Å². The first kappa shape index (κ1) is 35.6. The van der Waals surface area contributed by atoms with Crippen molar-refractivity contribution in [1.29, 1.82) is 0 Å². The van der Waals surface area contributed by atoms with Crippen LogP contribution in [0.5, 0.6) is 5.75 Å². The van der Waals surface area contributed by atoms with Crippen LogP contribution in [0.3, 0.4) is 0 Å². The molecule has 2 atom stereocenters. The lowest BCUT2D eigenvalue weighted by molar-refractivity contribution is -0.142. The molecule has 0 spiro atoms. The molecule has 1 aromatic rings. The van der Waals surface area contributed by atoms with Crippen molar-refractivity contribution in [2.45, 2.75) is 117 Å². The average Bonchev–Trinajstić information content (AvgIpc) is 2.88. The maximum Gasteiger partial charge on any atom is 0.408 e. The molecule has 0 fully saturated rings. The Morgan fingerprint density at radius 1 is 1.02 bits per heavy atom. The summed E-state index contributed by atoms with van der Waals surface area (Å²) in [6, 6.07) is 3.36. The molecule has 1 rings (SSSR count). The van der Waals surface area contributed by atoms with E-state index in [1.807, 2.05) is 13.2 Å². The molecule has 0 saturated carbocycles. The summed E-state index contributed by atoms with van der Waals surface area (Å²) < 4.78 is 5.46. The van der Waals surface area contributed by atoms with Crippen molar-refractivity contribution in [2.75, 3.05) is 25.1 Å². The third kappa shape index (κ3) is 12.8. The standard InChI is InChI=1S/C31H53N3O5S/c1-8-10-12-13-14-15-21-34(29(37)25(19-22-40-7)33-30(38)39-31(4,5)6)26(28(36)32-20-11-9-2)24-18-16-17-23(3)27(24)35/h16-18,25-26,35H,8-15,19-22H2,1-7H3,(H,32,36)(H,33,38). The molecule has 0 heterocycles. The largest absolute Gasteiger partial charge is 0.507 e. The quantitative estimate of drug-likeness (QED) is 0.172. The number of carbonyl (C=O) groups is 3. The van der Waals surface area contributed by atoms with Crippen molar-refractivity contribution in [3.63, 3.8) is 0 Å². The van der Waals surface area contributed by atoms with Crippen molar-refractivity contribution in [3.8, 4) is 5.75 Å². The molecular formula is C31H53N3O5S. The van der Waals surface area contributed by atoms with Gasteiger partial charge in [-0.15, -0.1) is 0 Å². The first-order valence-electron chi connectivity index (χ1n) is 14.8. The lowest BCUT2D eigenvalue weighted by Crippen LogP contribution is -2.53.